The number of rotatable bonds is 3. The topological polar surface area (TPSA) is 63.0 Å². The first-order valence-electron chi connectivity index (χ1n) is 8.96. The fourth-order valence-corrected chi connectivity index (χ4v) is 4.36. The van der Waals surface area contributed by atoms with Crippen molar-refractivity contribution < 1.29 is 0 Å². The lowest BCUT2D eigenvalue weighted by Crippen LogP contribution is -2.46. The van der Waals surface area contributed by atoms with E-state index < -0.39 is 0 Å². The second-order valence-corrected chi connectivity index (χ2v) is 7.52. The Hall–Kier alpha value is -3.00. The molecule has 0 bridgehead atoms. The van der Waals surface area contributed by atoms with E-state index in [1.54, 1.807) is 17.5 Å². The number of aryl methyl sites for hydroxylation is 1. The van der Waals surface area contributed by atoms with E-state index in [1.165, 1.54) is 4.70 Å². The van der Waals surface area contributed by atoms with Crippen LogP contribution in [0.2, 0.25) is 0 Å². The third kappa shape index (κ3) is 3.02. The molecule has 0 unspecified atom stereocenters. The van der Waals surface area contributed by atoms with Crippen molar-refractivity contribution in [3.05, 3.63) is 54.9 Å². The van der Waals surface area contributed by atoms with Gasteiger partial charge < -0.3 is 9.80 Å². The lowest BCUT2D eigenvalue weighted by Gasteiger charge is -2.35. The van der Waals surface area contributed by atoms with Crippen LogP contribution in [0.5, 0.6) is 0 Å². The number of hydrogen-bond acceptors (Lipinski definition) is 7. The number of thiazole rings is 1. The molecule has 7 nitrogen and oxygen atoms in total. The summed E-state index contributed by atoms with van der Waals surface area (Å²) in [5.41, 5.74) is 0.977. The number of aromatic nitrogens is 5. The Labute approximate surface area is 161 Å². The minimum atomic E-state index is 0.906. The average Bonchev–Trinajstić information content (AvgIpc) is 3.34. The third-order valence-corrected chi connectivity index (χ3v) is 5.94. The molecule has 1 aliphatic rings. The summed E-state index contributed by atoms with van der Waals surface area (Å²) in [6.07, 6.45) is 7.40. The van der Waals surface area contributed by atoms with Gasteiger partial charge >= 0.3 is 0 Å². The molecule has 5 rings (SSSR count). The second kappa shape index (κ2) is 6.62. The normalized spacial score (nSPS) is 14.9. The van der Waals surface area contributed by atoms with Crippen LogP contribution in [-0.2, 0) is 0 Å². The van der Waals surface area contributed by atoms with Gasteiger partial charge in [-0.25, -0.2) is 15.0 Å². The molecule has 0 aliphatic carbocycles. The van der Waals surface area contributed by atoms with Crippen LogP contribution in [0.25, 0.3) is 16.0 Å². The molecule has 27 heavy (non-hydrogen) atoms. The maximum atomic E-state index is 4.84. The quantitative estimate of drug-likeness (QED) is 0.547. The number of piperazine rings is 1. The Morgan fingerprint density at radius 2 is 1.74 bits per heavy atom. The van der Waals surface area contributed by atoms with Gasteiger partial charge in [0.05, 0.1) is 10.9 Å². The minimum absolute atomic E-state index is 0.906. The van der Waals surface area contributed by atoms with E-state index in [4.69, 9.17) is 9.97 Å². The standard InChI is InChI=1S/C19H19N7S/c1-14-21-7-8-26(14)18-4-2-3-17(23-18)24-9-11-25(12-10-24)19-22-15-13-20-6-5-16(15)27-19/h2-8,13H,9-12H2,1H3. The summed E-state index contributed by atoms with van der Waals surface area (Å²) in [6.45, 7) is 5.70. The van der Waals surface area contributed by atoms with Crippen molar-refractivity contribution in [1.29, 1.82) is 0 Å². The van der Waals surface area contributed by atoms with E-state index in [0.717, 1.165) is 54.3 Å². The summed E-state index contributed by atoms with van der Waals surface area (Å²) >= 11 is 1.73. The molecule has 136 valence electrons. The maximum absolute atomic E-state index is 4.84. The van der Waals surface area contributed by atoms with Crippen LogP contribution in [0.3, 0.4) is 0 Å². The summed E-state index contributed by atoms with van der Waals surface area (Å²) in [4.78, 5) is 22.7. The lowest BCUT2D eigenvalue weighted by atomic mass is 10.3. The van der Waals surface area contributed by atoms with Crippen LogP contribution in [0.1, 0.15) is 5.82 Å². The first-order chi connectivity index (χ1) is 13.3. The molecule has 1 fully saturated rings. The predicted octanol–water partition coefficient (Wildman–Crippen LogP) is 2.91. The largest absolute Gasteiger partial charge is 0.353 e. The monoisotopic (exact) mass is 377 g/mol. The van der Waals surface area contributed by atoms with Crippen LogP contribution in [0, 0.1) is 6.92 Å². The van der Waals surface area contributed by atoms with Gasteiger partial charge in [-0.3, -0.25) is 9.55 Å². The fourth-order valence-electron chi connectivity index (χ4n) is 3.37. The number of imidazole rings is 1. The zero-order valence-corrected chi connectivity index (χ0v) is 15.8. The molecule has 0 atom stereocenters. The molecular weight excluding hydrogens is 358 g/mol. The van der Waals surface area contributed by atoms with Crippen LogP contribution < -0.4 is 9.80 Å². The summed E-state index contributed by atoms with van der Waals surface area (Å²) in [6, 6.07) is 8.18. The Morgan fingerprint density at radius 3 is 2.52 bits per heavy atom. The van der Waals surface area contributed by atoms with Crippen molar-refractivity contribution in [3.8, 4) is 5.82 Å². The van der Waals surface area contributed by atoms with E-state index in [9.17, 15) is 0 Å². The van der Waals surface area contributed by atoms with Gasteiger partial charge in [-0.05, 0) is 25.1 Å². The van der Waals surface area contributed by atoms with Crippen molar-refractivity contribution in [2.45, 2.75) is 6.92 Å². The number of fused-ring (bicyclic) bond motifs is 1. The Kier molecular flexibility index (Phi) is 3.97. The van der Waals surface area contributed by atoms with Gasteiger partial charge in [-0.1, -0.05) is 17.4 Å². The van der Waals surface area contributed by atoms with Gasteiger partial charge in [-0.2, -0.15) is 0 Å². The number of anilines is 2. The summed E-state index contributed by atoms with van der Waals surface area (Å²) < 4.78 is 3.20. The van der Waals surface area contributed by atoms with E-state index >= 15 is 0 Å². The molecule has 0 saturated carbocycles. The molecule has 0 amide bonds. The van der Waals surface area contributed by atoms with Gasteiger partial charge in [0.25, 0.3) is 0 Å². The van der Waals surface area contributed by atoms with E-state index in [-0.39, 0.29) is 0 Å². The van der Waals surface area contributed by atoms with Crippen LogP contribution in [-0.4, -0.2) is 50.7 Å². The number of pyridine rings is 2. The smallest absolute Gasteiger partial charge is 0.186 e. The predicted molar refractivity (Wildman–Crippen MR) is 108 cm³/mol. The van der Waals surface area contributed by atoms with Gasteiger partial charge in [0.2, 0.25) is 0 Å². The Bertz CT molecular complexity index is 1050. The number of nitrogens with zero attached hydrogens (tertiary/aromatic N) is 7. The van der Waals surface area contributed by atoms with Crippen LogP contribution >= 0.6 is 11.3 Å². The molecule has 1 saturated heterocycles. The highest BCUT2D eigenvalue weighted by molar-refractivity contribution is 7.22. The first-order valence-corrected chi connectivity index (χ1v) is 9.77. The van der Waals surface area contributed by atoms with Crippen molar-refractivity contribution in [1.82, 2.24) is 24.5 Å². The van der Waals surface area contributed by atoms with E-state index in [2.05, 4.69) is 31.9 Å². The molecule has 0 radical (unpaired) electrons. The highest BCUT2D eigenvalue weighted by atomic mass is 32.1. The Morgan fingerprint density at radius 1 is 0.926 bits per heavy atom. The molecule has 0 aromatic carbocycles. The van der Waals surface area contributed by atoms with Gasteiger partial charge in [0.1, 0.15) is 23.0 Å². The second-order valence-electron chi connectivity index (χ2n) is 6.51. The Balaban J connectivity index is 1.32. The van der Waals surface area contributed by atoms with Gasteiger partial charge in [0.15, 0.2) is 5.13 Å². The SMILES string of the molecule is Cc1nccn1-c1cccc(N2CCN(c3nc4cnccc4s3)CC2)n1. The molecule has 0 spiro atoms. The number of hydrogen-bond donors (Lipinski definition) is 0. The molecule has 4 aromatic rings. The third-order valence-electron chi connectivity index (χ3n) is 4.85. The zero-order valence-electron chi connectivity index (χ0n) is 15.0. The molecule has 1 aliphatic heterocycles. The fraction of sp³-hybridized carbons (Fsp3) is 0.263. The average molecular weight is 377 g/mol. The molecule has 0 N–H and O–H groups in total. The zero-order chi connectivity index (χ0) is 18.2. The highest BCUT2D eigenvalue weighted by Gasteiger charge is 2.21. The van der Waals surface area contributed by atoms with Gasteiger partial charge in [0, 0.05) is 44.8 Å². The molecule has 5 heterocycles. The summed E-state index contributed by atoms with van der Waals surface area (Å²) in [7, 11) is 0. The molecular formula is C19H19N7S. The van der Waals surface area contributed by atoms with Crippen molar-refractivity contribution in [2.24, 2.45) is 0 Å². The maximum Gasteiger partial charge on any atom is 0.186 e. The van der Waals surface area contributed by atoms with Crippen molar-refractivity contribution >= 4 is 32.5 Å². The summed E-state index contributed by atoms with van der Waals surface area (Å²) in [5.74, 6) is 2.85. The lowest BCUT2D eigenvalue weighted by molar-refractivity contribution is 0.645. The summed E-state index contributed by atoms with van der Waals surface area (Å²) in [5, 5.41) is 1.08. The van der Waals surface area contributed by atoms with Gasteiger partial charge in [-0.15, -0.1) is 0 Å². The first kappa shape index (κ1) is 16.2. The minimum Gasteiger partial charge on any atom is -0.353 e. The molecule has 8 heteroatoms. The molecule has 4 aromatic heterocycles. The van der Waals surface area contributed by atoms with Crippen molar-refractivity contribution in [3.63, 3.8) is 0 Å². The highest BCUT2D eigenvalue weighted by Crippen LogP contribution is 2.29. The van der Waals surface area contributed by atoms with E-state index in [1.807, 2.05) is 42.2 Å². The van der Waals surface area contributed by atoms with Crippen molar-refractivity contribution in [2.75, 3.05) is 36.0 Å². The van der Waals surface area contributed by atoms with Crippen LogP contribution in [0.4, 0.5) is 10.9 Å². The van der Waals surface area contributed by atoms with Crippen LogP contribution in [0.15, 0.2) is 49.1 Å². The van der Waals surface area contributed by atoms with E-state index in [0.29, 0.717) is 0 Å².